The summed E-state index contributed by atoms with van der Waals surface area (Å²) in [7, 11) is 1.58. The summed E-state index contributed by atoms with van der Waals surface area (Å²) >= 11 is 5.89. The van der Waals surface area contributed by atoms with E-state index in [1.54, 1.807) is 55.6 Å². The Bertz CT molecular complexity index is 1260. The van der Waals surface area contributed by atoms with Gasteiger partial charge in [-0.2, -0.15) is 0 Å². The summed E-state index contributed by atoms with van der Waals surface area (Å²) in [6.45, 7) is 1.84. The highest BCUT2D eigenvalue weighted by Crippen LogP contribution is 2.30. The number of rotatable bonds is 6. The van der Waals surface area contributed by atoms with Crippen molar-refractivity contribution in [3.8, 4) is 5.75 Å². The molecular formula is C25H20ClNO4. The number of benzene rings is 3. The van der Waals surface area contributed by atoms with E-state index in [0.29, 0.717) is 27.6 Å². The van der Waals surface area contributed by atoms with Gasteiger partial charge in [0.05, 0.1) is 13.5 Å². The highest BCUT2D eigenvalue weighted by atomic mass is 35.5. The fourth-order valence-electron chi connectivity index (χ4n) is 3.38. The molecule has 1 amide bonds. The van der Waals surface area contributed by atoms with Gasteiger partial charge >= 0.3 is 0 Å². The first-order chi connectivity index (χ1) is 14.9. The number of hydrogen-bond acceptors (Lipinski definition) is 4. The average molecular weight is 434 g/mol. The molecule has 6 heteroatoms. The summed E-state index contributed by atoms with van der Waals surface area (Å²) in [4.78, 5) is 25.3. The predicted octanol–water partition coefficient (Wildman–Crippen LogP) is 5.82. The van der Waals surface area contributed by atoms with Gasteiger partial charge in [-0.1, -0.05) is 23.7 Å². The monoisotopic (exact) mass is 433 g/mol. The lowest BCUT2D eigenvalue weighted by Gasteiger charge is -2.06. The van der Waals surface area contributed by atoms with Crippen LogP contribution in [0.15, 0.2) is 71.1 Å². The van der Waals surface area contributed by atoms with E-state index in [1.165, 1.54) is 0 Å². The van der Waals surface area contributed by atoms with E-state index in [-0.39, 0.29) is 23.9 Å². The van der Waals surface area contributed by atoms with Crippen LogP contribution in [0.5, 0.6) is 5.75 Å². The Morgan fingerprint density at radius 2 is 1.71 bits per heavy atom. The molecule has 31 heavy (non-hydrogen) atoms. The lowest BCUT2D eigenvalue weighted by Crippen LogP contribution is -2.14. The summed E-state index contributed by atoms with van der Waals surface area (Å²) in [5.41, 5.74) is 3.34. The smallest absolute Gasteiger partial charge is 0.228 e. The Kier molecular flexibility index (Phi) is 5.78. The highest BCUT2D eigenvalue weighted by molar-refractivity contribution is 6.30. The molecule has 3 aromatic carbocycles. The van der Waals surface area contributed by atoms with Crippen LogP contribution in [0.2, 0.25) is 5.02 Å². The van der Waals surface area contributed by atoms with Gasteiger partial charge in [-0.05, 0) is 67.1 Å². The number of furan rings is 1. The molecule has 0 atom stereocenters. The molecule has 0 saturated carbocycles. The largest absolute Gasteiger partial charge is 0.497 e. The highest BCUT2D eigenvalue weighted by Gasteiger charge is 2.20. The number of anilines is 1. The summed E-state index contributed by atoms with van der Waals surface area (Å²) in [5.74, 6) is 0.615. The SMILES string of the molecule is COc1ccc(C(=O)c2oc3ccc(NC(=O)Cc4ccc(Cl)cc4)cc3c2C)cc1. The number of amides is 1. The van der Waals surface area contributed by atoms with Gasteiger partial charge < -0.3 is 14.5 Å². The van der Waals surface area contributed by atoms with Crippen LogP contribution in [-0.4, -0.2) is 18.8 Å². The van der Waals surface area contributed by atoms with Crippen LogP contribution < -0.4 is 10.1 Å². The lowest BCUT2D eigenvalue weighted by molar-refractivity contribution is -0.115. The third kappa shape index (κ3) is 4.47. The number of carbonyl (C=O) groups is 2. The quantitative estimate of drug-likeness (QED) is 0.389. The van der Waals surface area contributed by atoms with Crippen molar-refractivity contribution in [1.82, 2.24) is 0 Å². The van der Waals surface area contributed by atoms with Crippen LogP contribution >= 0.6 is 11.6 Å². The van der Waals surface area contributed by atoms with Crippen molar-refractivity contribution >= 4 is 39.9 Å². The van der Waals surface area contributed by atoms with E-state index in [9.17, 15) is 9.59 Å². The second-order valence-corrected chi connectivity index (χ2v) is 7.61. The van der Waals surface area contributed by atoms with Gasteiger partial charge in [0.2, 0.25) is 11.7 Å². The van der Waals surface area contributed by atoms with Crippen molar-refractivity contribution in [1.29, 1.82) is 0 Å². The van der Waals surface area contributed by atoms with Crippen LogP contribution in [0.25, 0.3) is 11.0 Å². The number of aryl methyl sites for hydroxylation is 1. The number of nitrogens with one attached hydrogen (secondary N) is 1. The zero-order valence-corrected chi connectivity index (χ0v) is 17.8. The van der Waals surface area contributed by atoms with E-state index in [0.717, 1.165) is 16.5 Å². The third-order valence-corrected chi connectivity index (χ3v) is 5.31. The van der Waals surface area contributed by atoms with E-state index in [1.807, 2.05) is 25.1 Å². The Morgan fingerprint density at radius 1 is 1.00 bits per heavy atom. The van der Waals surface area contributed by atoms with Gasteiger partial charge in [0, 0.05) is 27.2 Å². The first-order valence-corrected chi connectivity index (χ1v) is 10.1. The van der Waals surface area contributed by atoms with Crippen LogP contribution in [0.3, 0.4) is 0 Å². The van der Waals surface area contributed by atoms with Crippen LogP contribution in [0.1, 0.15) is 27.2 Å². The van der Waals surface area contributed by atoms with E-state index >= 15 is 0 Å². The molecule has 0 fully saturated rings. The minimum absolute atomic E-state index is 0.141. The summed E-state index contributed by atoms with van der Waals surface area (Å²) < 4.78 is 11.0. The Labute approximate surface area is 184 Å². The van der Waals surface area contributed by atoms with E-state index in [2.05, 4.69) is 5.32 Å². The molecule has 0 saturated heterocycles. The summed E-state index contributed by atoms with van der Waals surface area (Å²) in [5, 5.41) is 4.30. The molecule has 0 radical (unpaired) electrons. The Morgan fingerprint density at radius 3 is 2.39 bits per heavy atom. The van der Waals surface area contributed by atoms with Crippen molar-refractivity contribution in [2.24, 2.45) is 0 Å². The number of halogens is 1. The molecule has 0 aliphatic carbocycles. The zero-order valence-electron chi connectivity index (χ0n) is 17.1. The van der Waals surface area contributed by atoms with Crippen molar-refractivity contribution in [3.63, 3.8) is 0 Å². The minimum atomic E-state index is -0.204. The number of carbonyl (C=O) groups excluding carboxylic acids is 2. The second kappa shape index (κ2) is 8.66. The summed E-state index contributed by atoms with van der Waals surface area (Å²) in [6, 6.07) is 19.4. The van der Waals surface area contributed by atoms with Crippen molar-refractivity contribution in [3.05, 3.63) is 94.2 Å². The Balaban J connectivity index is 1.55. The molecular weight excluding hydrogens is 414 g/mol. The van der Waals surface area contributed by atoms with Crippen molar-refractivity contribution < 1.29 is 18.7 Å². The Hall–Kier alpha value is -3.57. The van der Waals surface area contributed by atoms with Crippen LogP contribution in [0.4, 0.5) is 5.69 Å². The third-order valence-electron chi connectivity index (χ3n) is 5.06. The minimum Gasteiger partial charge on any atom is -0.497 e. The molecule has 156 valence electrons. The van der Waals surface area contributed by atoms with E-state index < -0.39 is 0 Å². The van der Waals surface area contributed by atoms with Crippen LogP contribution in [-0.2, 0) is 11.2 Å². The molecule has 1 aromatic heterocycles. The molecule has 4 aromatic rings. The van der Waals surface area contributed by atoms with Gasteiger partial charge in [0.25, 0.3) is 0 Å². The summed E-state index contributed by atoms with van der Waals surface area (Å²) in [6.07, 6.45) is 0.237. The maximum Gasteiger partial charge on any atom is 0.228 e. The maximum atomic E-state index is 12.9. The van der Waals surface area contributed by atoms with Crippen LogP contribution in [0, 0.1) is 6.92 Å². The van der Waals surface area contributed by atoms with Gasteiger partial charge in [-0.15, -0.1) is 0 Å². The van der Waals surface area contributed by atoms with Crippen molar-refractivity contribution in [2.45, 2.75) is 13.3 Å². The topological polar surface area (TPSA) is 68.5 Å². The molecule has 1 heterocycles. The number of fused-ring (bicyclic) bond motifs is 1. The van der Waals surface area contributed by atoms with Gasteiger partial charge in [0.15, 0.2) is 5.76 Å². The van der Waals surface area contributed by atoms with Crippen molar-refractivity contribution in [2.75, 3.05) is 12.4 Å². The second-order valence-electron chi connectivity index (χ2n) is 7.18. The van der Waals surface area contributed by atoms with Gasteiger partial charge in [-0.3, -0.25) is 9.59 Å². The molecule has 0 bridgehead atoms. The number of hydrogen-bond donors (Lipinski definition) is 1. The van der Waals surface area contributed by atoms with Gasteiger partial charge in [-0.25, -0.2) is 0 Å². The molecule has 1 N–H and O–H groups in total. The first-order valence-electron chi connectivity index (χ1n) is 9.71. The maximum absolute atomic E-state index is 12.9. The molecule has 0 aliphatic rings. The van der Waals surface area contributed by atoms with Gasteiger partial charge in [0.1, 0.15) is 11.3 Å². The van der Waals surface area contributed by atoms with E-state index in [4.69, 9.17) is 20.8 Å². The fraction of sp³-hybridized carbons (Fsp3) is 0.120. The average Bonchev–Trinajstić information content (AvgIpc) is 3.11. The molecule has 0 spiro atoms. The first kappa shape index (κ1) is 20.7. The molecule has 5 nitrogen and oxygen atoms in total. The molecule has 0 aliphatic heterocycles. The predicted molar refractivity (Wildman–Crippen MR) is 121 cm³/mol. The number of methoxy groups -OCH3 is 1. The lowest BCUT2D eigenvalue weighted by atomic mass is 10.0. The zero-order chi connectivity index (χ0) is 22.0. The number of ether oxygens (including phenoxy) is 1. The standard InChI is InChI=1S/C25H20ClNO4/c1-15-21-14-19(27-23(28)13-16-3-7-18(26)8-4-16)9-12-22(21)31-25(15)24(29)17-5-10-20(30-2)11-6-17/h3-12,14H,13H2,1-2H3,(H,27,28). The fourth-order valence-corrected chi connectivity index (χ4v) is 3.51. The number of ketones is 1. The molecule has 0 unspecified atom stereocenters. The molecule has 4 rings (SSSR count). The normalized spacial score (nSPS) is 10.8.